The molecular weight excluding hydrogens is 331 g/mol. The standard InChI is InChI=1S/C10H8O3S.C9H10.Na/c11-14(12,13)10-7-3-5-8-4-1-2-6-9(8)10;1-2-6-9-7-4-3-5-8-9;/h1-7H,(H,11,12,13);2-5,7-8H,1,6H2;/q;;+1/p-1. The van der Waals surface area contributed by atoms with Gasteiger partial charge >= 0.3 is 29.6 Å². The van der Waals surface area contributed by atoms with Crippen LogP contribution in [0.3, 0.4) is 0 Å². The van der Waals surface area contributed by atoms with Gasteiger partial charge in [0.2, 0.25) is 0 Å². The zero-order valence-corrected chi connectivity index (χ0v) is 16.4. The molecule has 0 radical (unpaired) electrons. The number of rotatable bonds is 3. The number of benzene rings is 3. The molecular formula is C19H17NaO3S. The molecule has 3 rings (SSSR count). The zero-order valence-electron chi connectivity index (χ0n) is 13.6. The molecule has 0 heterocycles. The molecule has 5 heteroatoms. The van der Waals surface area contributed by atoms with Crippen LogP contribution in [0.25, 0.3) is 10.8 Å². The molecule has 0 atom stereocenters. The second-order valence-corrected chi connectivity index (χ2v) is 6.26. The quantitative estimate of drug-likeness (QED) is 0.406. The van der Waals surface area contributed by atoms with Gasteiger partial charge in [-0.1, -0.05) is 72.8 Å². The third-order valence-corrected chi connectivity index (χ3v) is 4.14. The van der Waals surface area contributed by atoms with Crippen molar-refractivity contribution in [3.8, 4) is 0 Å². The van der Waals surface area contributed by atoms with E-state index in [0.717, 1.165) is 11.8 Å². The van der Waals surface area contributed by atoms with Crippen molar-refractivity contribution in [3.05, 3.63) is 91.0 Å². The molecule has 0 amide bonds. The maximum atomic E-state index is 10.9. The van der Waals surface area contributed by atoms with Gasteiger partial charge < -0.3 is 4.55 Å². The van der Waals surface area contributed by atoms with Crippen molar-refractivity contribution in [2.45, 2.75) is 11.3 Å². The summed E-state index contributed by atoms with van der Waals surface area (Å²) >= 11 is 0. The molecule has 0 aliphatic heterocycles. The molecule has 0 saturated carbocycles. The first-order valence-corrected chi connectivity index (χ1v) is 8.51. The van der Waals surface area contributed by atoms with Gasteiger partial charge in [-0.05, 0) is 28.8 Å². The smallest absolute Gasteiger partial charge is 0.744 e. The van der Waals surface area contributed by atoms with E-state index in [1.807, 2.05) is 24.3 Å². The Labute approximate surface area is 165 Å². The van der Waals surface area contributed by atoms with Crippen molar-refractivity contribution in [1.29, 1.82) is 0 Å². The number of allylic oxidation sites excluding steroid dienone is 1. The summed E-state index contributed by atoms with van der Waals surface area (Å²) in [5.74, 6) is 0. The van der Waals surface area contributed by atoms with Crippen LogP contribution < -0.4 is 29.6 Å². The predicted octanol–water partition coefficient (Wildman–Crippen LogP) is 1.16. The van der Waals surface area contributed by atoms with Crippen LogP contribution in [0.5, 0.6) is 0 Å². The first-order valence-electron chi connectivity index (χ1n) is 7.11. The summed E-state index contributed by atoms with van der Waals surface area (Å²) in [4.78, 5) is -0.157. The molecule has 3 aromatic rings. The Morgan fingerprint density at radius 3 is 2.08 bits per heavy atom. The van der Waals surface area contributed by atoms with E-state index in [0.29, 0.717) is 5.39 Å². The summed E-state index contributed by atoms with van der Waals surface area (Å²) in [6.07, 6.45) is 2.89. The minimum Gasteiger partial charge on any atom is -0.744 e. The molecule has 118 valence electrons. The van der Waals surface area contributed by atoms with Crippen LogP contribution in [-0.2, 0) is 16.5 Å². The van der Waals surface area contributed by atoms with E-state index >= 15 is 0 Å². The van der Waals surface area contributed by atoms with Crippen molar-refractivity contribution >= 4 is 20.9 Å². The number of hydrogen-bond donors (Lipinski definition) is 0. The molecule has 0 aliphatic carbocycles. The van der Waals surface area contributed by atoms with E-state index < -0.39 is 10.1 Å². The fraction of sp³-hybridized carbons (Fsp3) is 0.0526. The van der Waals surface area contributed by atoms with Gasteiger partial charge in [0.15, 0.2) is 0 Å². The van der Waals surface area contributed by atoms with Crippen molar-refractivity contribution < 1.29 is 42.5 Å². The molecule has 0 fully saturated rings. The summed E-state index contributed by atoms with van der Waals surface area (Å²) in [5, 5.41) is 1.23. The van der Waals surface area contributed by atoms with Gasteiger partial charge in [-0.15, -0.1) is 6.58 Å². The van der Waals surface area contributed by atoms with Gasteiger partial charge in [0.1, 0.15) is 10.1 Å². The Balaban J connectivity index is 0.000000252. The number of fused-ring (bicyclic) bond motifs is 1. The summed E-state index contributed by atoms with van der Waals surface area (Å²) in [7, 11) is -4.38. The Morgan fingerprint density at radius 2 is 1.46 bits per heavy atom. The minimum absolute atomic E-state index is 0. The van der Waals surface area contributed by atoms with Gasteiger partial charge in [0.25, 0.3) is 0 Å². The van der Waals surface area contributed by atoms with Crippen LogP contribution in [0, 0.1) is 0 Å². The van der Waals surface area contributed by atoms with Gasteiger partial charge in [-0.25, -0.2) is 8.42 Å². The van der Waals surface area contributed by atoms with Crippen LogP contribution in [0.1, 0.15) is 5.56 Å². The Hall–Kier alpha value is -1.43. The maximum absolute atomic E-state index is 10.9. The van der Waals surface area contributed by atoms with Crippen LogP contribution in [0.2, 0.25) is 0 Å². The van der Waals surface area contributed by atoms with Crippen molar-refractivity contribution in [3.63, 3.8) is 0 Å². The first kappa shape index (κ1) is 20.6. The molecule has 0 bridgehead atoms. The second-order valence-electron chi connectivity index (χ2n) is 4.91. The summed E-state index contributed by atoms with van der Waals surface area (Å²) in [6.45, 7) is 3.66. The molecule has 0 spiro atoms. The topological polar surface area (TPSA) is 57.2 Å². The van der Waals surface area contributed by atoms with Gasteiger partial charge in [0.05, 0.1) is 4.90 Å². The molecule has 0 aromatic heterocycles. The molecule has 24 heavy (non-hydrogen) atoms. The van der Waals surface area contributed by atoms with Crippen LogP contribution >= 0.6 is 0 Å². The third kappa shape index (κ3) is 5.89. The second kappa shape index (κ2) is 9.77. The van der Waals surface area contributed by atoms with E-state index in [9.17, 15) is 13.0 Å². The summed E-state index contributed by atoms with van der Waals surface area (Å²) in [6, 6.07) is 21.8. The SMILES string of the molecule is C=CCc1ccccc1.O=S(=O)([O-])c1cccc2ccccc12.[Na+]. The normalized spacial score (nSPS) is 10.2. The fourth-order valence-corrected chi connectivity index (χ4v) is 2.89. The van der Waals surface area contributed by atoms with E-state index in [4.69, 9.17) is 0 Å². The van der Waals surface area contributed by atoms with E-state index in [1.165, 1.54) is 11.6 Å². The first-order chi connectivity index (χ1) is 11.0. The monoisotopic (exact) mass is 348 g/mol. The van der Waals surface area contributed by atoms with E-state index in [2.05, 4.69) is 18.7 Å². The van der Waals surface area contributed by atoms with Crippen LogP contribution in [0.15, 0.2) is 90.3 Å². The Morgan fingerprint density at radius 1 is 0.875 bits per heavy atom. The average Bonchev–Trinajstić information content (AvgIpc) is 2.55. The Kier molecular flexibility index (Phi) is 8.39. The minimum atomic E-state index is -4.38. The summed E-state index contributed by atoms with van der Waals surface area (Å²) < 4.78 is 32.7. The molecule has 3 aromatic carbocycles. The zero-order chi connectivity index (χ0) is 16.7. The molecule has 3 nitrogen and oxygen atoms in total. The van der Waals surface area contributed by atoms with Crippen molar-refractivity contribution in [1.82, 2.24) is 0 Å². The third-order valence-electron chi connectivity index (χ3n) is 3.24. The van der Waals surface area contributed by atoms with Gasteiger partial charge in [-0.2, -0.15) is 0 Å². The van der Waals surface area contributed by atoms with Crippen LogP contribution in [-0.4, -0.2) is 13.0 Å². The van der Waals surface area contributed by atoms with Gasteiger partial charge in [0, 0.05) is 0 Å². The maximum Gasteiger partial charge on any atom is 1.00 e. The Bertz CT molecular complexity index is 885. The van der Waals surface area contributed by atoms with Crippen molar-refractivity contribution in [2.75, 3.05) is 0 Å². The summed E-state index contributed by atoms with van der Waals surface area (Å²) in [5.41, 5.74) is 1.33. The molecule has 0 aliphatic rings. The molecule has 0 saturated heterocycles. The van der Waals surface area contributed by atoms with Crippen LogP contribution in [0.4, 0.5) is 0 Å². The fourth-order valence-electron chi connectivity index (χ4n) is 2.19. The number of hydrogen-bond acceptors (Lipinski definition) is 3. The van der Waals surface area contributed by atoms with E-state index in [-0.39, 0.29) is 34.5 Å². The largest absolute Gasteiger partial charge is 1.00 e. The van der Waals surface area contributed by atoms with Crippen molar-refractivity contribution in [2.24, 2.45) is 0 Å². The average molecular weight is 348 g/mol. The van der Waals surface area contributed by atoms with Gasteiger partial charge in [-0.3, -0.25) is 0 Å². The van der Waals surface area contributed by atoms with E-state index in [1.54, 1.807) is 36.4 Å². The molecule has 0 unspecified atom stereocenters. The molecule has 0 N–H and O–H groups in total. The predicted molar refractivity (Wildman–Crippen MR) is 92.3 cm³/mol.